The van der Waals surface area contributed by atoms with Crippen molar-refractivity contribution >= 4 is 11.4 Å². The Morgan fingerprint density at radius 1 is 1.33 bits per heavy atom. The Hall–Kier alpha value is -1.22. The van der Waals surface area contributed by atoms with Crippen LogP contribution in [0.2, 0.25) is 0 Å². The first-order valence-corrected chi connectivity index (χ1v) is 7.08. The summed E-state index contributed by atoms with van der Waals surface area (Å²) >= 11 is 0. The van der Waals surface area contributed by atoms with Crippen LogP contribution in [0.4, 0.5) is 11.4 Å². The Balaban J connectivity index is 1.70. The average Bonchev–Trinajstić information content (AvgIpc) is 2.89. The molecular formula is C15H22N2O. The normalized spacial score (nSPS) is 23.1. The summed E-state index contributed by atoms with van der Waals surface area (Å²) in [7, 11) is 0. The molecule has 1 unspecified atom stereocenters. The Bertz CT molecular complexity index is 413. The molecule has 2 heterocycles. The van der Waals surface area contributed by atoms with Crippen molar-refractivity contribution in [1.82, 2.24) is 0 Å². The number of nitrogen functional groups attached to an aromatic ring is 1. The maximum absolute atomic E-state index is 6.14. The number of aryl methyl sites for hydroxylation is 1. The van der Waals surface area contributed by atoms with Crippen molar-refractivity contribution in [3.8, 4) is 0 Å². The summed E-state index contributed by atoms with van der Waals surface area (Å²) in [6, 6.07) is 6.30. The number of ether oxygens (including phenoxy) is 1. The van der Waals surface area contributed by atoms with Gasteiger partial charge >= 0.3 is 0 Å². The van der Waals surface area contributed by atoms with Gasteiger partial charge in [-0.05, 0) is 43.7 Å². The van der Waals surface area contributed by atoms with Crippen molar-refractivity contribution in [2.24, 2.45) is 0 Å². The molecular weight excluding hydrogens is 224 g/mol. The summed E-state index contributed by atoms with van der Waals surface area (Å²) in [5.74, 6) is 0. The highest BCUT2D eigenvalue weighted by Crippen LogP contribution is 2.33. The molecule has 0 bridgehead atoms. The van der Waals surface area contributed by atoms with E-state index in [9.17, 15) is 0 Å². The second-order valence-electron chi connectivity index (χ2n) is 5.37. The summed E-state index contributed by atoms with van der Waals surface area (Å²) in [5, 5.41) is 0. The van der Waals surface area contributed by atoms with Crippen LogP contribution in [0.25, 0.3) is 0 Å². The van der Waals surface area contributed by atoms with E-state index in [2.05, 4.69) is 17.0 Å². The fourth-order valence-electron chi connectivity index (χ4n) is 3.17. The SMILES string of the molecule is Nc1cccc2c1N(CCC1CCCO1)CCC2. The third-order valence-corrected chi connectivity index (χ3v) is 4.09. The highest BCUT2D eigenvalue weighted by atomic mass is 16.5. The maximum atomic E-state index is 6.14. The van der Waals surface area contributed by atoms with Crippen molar-refractivity contribution < 1.29 is 4.74 Å². The van der Waals surface area contributed by atoms with Gasteiger partial charge in [0.2, 0.25) is 0 Å². The molecule has 3 rings (SSSR count). The zero-order chi connectivity index (χ0) is 12.4. The molecule has 3 nitrogen and oxygen atoms in total. The van der Waals surface area contributed by atoms with Crippen molar-refractivity contribution in [2.75, 3.05) is 30.3 Å². The van der Waals surface area contributed by atoms with Crippen LogP contribution in [0.1, 0.15) is 31.2 Å². The minimum atomic E-state index is 0.473. The van der Waals surface area contributed by atoms with E-state index in [0.717, 1.165) is 38.2 Å². The molecule has 0 radical (unpaired) electrons. The highest BCUT2D eigenvalue weighted by Gasteiger charge is 2.21. The fourth-order valence-corrected chi connectivity index (χ4v) is 3.17. The second-order valence-corrected chi connectivity index (χ2v) is 5.37. The minimum absolute atomic E-state index is 0.473. The van der Waals surface area contributed by atoms with Gasteiger partial charge in [0, 0.05) is 19.7 Å². The molecule has 0 aromatic heterocycles. The van der Waals surface area contributed by atoms with E-state index in [0.29, 0.717) is 6.10 Å². The van der Waals surface area contributed by atoms with Crippen LogP contribution in [0, 0.1) is 0 Å². The topological polar surface area (TPSA) is 38.5 Å². The van der Waals surface area contributed by atoms with Crippen LogP contribution in [-0.2, 0) is 11.2 Å². The summed E-state index contributed by atoms with van der Waals surface area (Å²) in [4.78, 5) is 2.45. The van der Waals surface area contributed by atoms with Gasteiger partial charge in [-0.25, -0.2) is 0 Å². The fraction of sp³-hybridized carbons (Fsp3) is 0.600. The largest absolute Gasteiger partial charge is 0.397 e. The summed E-state index contributed by atoms with van der Waals surface area (Å²) in [6.45, 7) is 3.16. The Morgan fingerprint density at radius 2 is 2.28 bits per heavy atom. The molecule has 1 saturated heterocycles. The van der Waals surface area contributed by atoms with Crippen molar-refractivity contribution in [1.29, 1.82) is 0 Å². The minimum Gasteiger partial charge on any atom is -0.397 e. The molecule has 0 spiro atoms. The maximum Gasteiger partial charge on any atom is 0.0632 e. The van der Waals surface area contributed by atoms with Crippen LogP contribution in [0.3, 0.4) is 0 Å². The van der Waals surface area contributed by atoms with E-state index in [1.807, 2.05) is 6.07 Å². The van der Waals surface area contributed by atoms with E-state index in [-0.39, 0.29) is 0 Å². The number of nitrogens with zero attached hydrogens (tertiary/aromatic N) is 1. The summed E-state index contributed by atoms with van der Waals surface area (Å²) < 4.78 is 5.70. The quantitative estimate of drug-likeness (QED) is 0.833. The Kier molecular flexibility index (Phi) is 3.41. The molecule has 0 saturated carbocycles. The van der Waals surface area contributed by atoms with Crippen LogP contribution >= 0.6 is 0 Å². The number of hydrogen-bond acceptors (Lipinski definition) is 3. The van der Waals surface area contributed by atoms with E-state index >= 15 is 0 Å². The number of anilines is 2. The zero-order valence-corrected chi connectivity index (χ0v) is 10.9. The third kappa shape index (κ3) is 2.32. The molecule has 1 fully saturated rings. The monoisotopic (exact) mass is 246 g/mol. The first-order chi connectivity index (χ1) is 8.84. The average molecular weight is 246 g/mol. The van der Waals surface area contributed by atoms with Gasteiger partial charge in [0.25, 0.3) is 0 Å². The lowest BCUT2D eigenvalue weighted by Gasteiger charge is -2.33. The molecule has 0 amide bonds. The number of para-hydroxylation sites is 1. The summed E-state index contributed by atoms with van der Waals surface area (Å²) in [6.07, 6.45) is 6.46. The molecule has 0 aliphatic carbocycles. The van der Waals surface area contributed by atoms with Gasteiger partial charge in [0.05, 0.1) is 17.5 Å². The van der Waals surface area contributed by atoms with Crippen LogP contribution in [-0.4, -0.2) is 25.8 Å². The standard InChI is InChI=1S/C15H22N2O/c16-14-7-1-4-12-5-2-9-17(15(12)14)10-8-13-6-3-11-18-13/h1,4,7,13H,2-3,5-6,8-11,16H2. The molecule has 1 atom stereocenters. The van der Waals surface area contributed by atoms with Gasteiger partial charge in [0.1, 0.15) is 0 Å². The molecule has 98 valence electrons. The van der Waals surface area contributed by atoms with E-state index < -0.39 is 0 Å². The molecule has 1 aromatic carbocycles. The number of benzene rings is 1. The van der Waals surface area contributed by atoms with Gasteiger partial charge in [-0.1, -0.05) is 12.1 Å². The smallest absolute Gasteiger partial charge is 0.0632 e. The number of nitrogens with two attached hydrogens (primary N) is 1. The van der Waals surface area contributed by atoms with Gasteiger partial charge in [0.15, 0.2) is 0 Å². The Morgan fingerprint density at radius 3 is 3.11 bits per heavy atom. The lowest BCUT2D eigenvalue weighted by atomic mass is 10.00. The van der Waals surface area contributed by atoms with E-state index in [1.165, 1.54) is 30.5 Å². The molecule has 3 heteroatoms. The number of rotatable bonds is 3. The summed E-state index contributed by atoms with van der Waals surface area (Å²) in [5.41, 5.74) is 9.76. The van der Waals surface area contributed by atoms with Crippen molar-refractivity contribution in [2.45, 2.75) is 38.2 Å². The van der Waals surface area contributed by atoms with Crippen molar-refractivity contribution in [3.05, 3.63) is 23.8 Å². The number of fused-ring (bicyclic) bond motifs is 1. The van der Waals surface area contributed by atoms with Gasteiger partial charge in [-0.15, -0.1) is 0 Å². The predicted octanol–water partition coefficient (Wildman–Crippen LogP) is 2.59. The molecule has 18 heavy (non-hydrogen) atoms. The van der Waals surface area contributed by atoms with Crippen molar-refractivity contribution in [3.63, 3.8) is 0 Å². The number of hydrogen-bond donors (Lipinski definition) is 1. The van der Waals surface area contributed by atoms with Gasteiger partial charge in [-0.2, -0.15) is 0 Å². The van der Waals surface area contributed by atoms with Crippen LogP contribution in [0.5, 0.6) is 0 Å². The van der Waals surface area contributed by atoms with Crippen LogP contribution < -0.4 is 10.6 Å². The van der Waals surface area contributed by atoms with Gasteiger partial charge < -0.3 is 15.4 Å². The predicted molar refractivity (Wildman–Crippen MR) is 75.0 cm³/mol. The highest BCUT2D eigenvalue weighted by molar-refractivity contribution is 5.72. The molecule has 2 N–H and O–H groups in total. The van der Waals surface area contributed by atoms with E-state index in [1.54, 1.807) is 0 Å². The zero-order valence-electron chi connectivity index (χ0n) is 10.9. The van der Waals surface area contributed by atoms with E-state index in [4.69, 9.17) is 10.5 Å². The Labute approximate surface area is 109 Å². The lowest BCUT2D eigenvalue weighted by Crippen LogP contribution is -2.32. The molecule has 2 aliphatic heterocycles. The van der Waals surface area contributed by atoms with Crippen LogP contribution in [0.15, 0.2) is 18.2 Å². The first-order valence-electron chi connectivity index (χ1n) is 7.08. The molecule has 1 aromatic rings. The van der Waals surface area contributed by atoms with Gasteiger partial charge in [-0.3, -0.25) is 0 Å². The third-order valence-electron chi connectivity index (χ3n) is 4.09. The second kappa shape index (κ2) is 5.19. The molecule has 2 aliphatic rings. The lowest BCUT2D eigenvalue weighted by molar-refractivity contribution is 0.105. The first kappa shape index (κ1) is 11.8.